The first kappa shape index (κ1) is 13.5. The molecule has 1 saturated heterocycles. The van der Waals surface area contributed by atoms with E-state index in [0.717, 1.165) is 11.3 Å². The average Bonchev–Trinajstić information content (AvgIpc) is 2.96. The van der Waals surface area contributed by atoms with Gasteiger partial charge in [0.05, 0.1) is 18.6 Å². The number of pyridine rings is 1. The van der Waals surface area contributed by atoms with Crippen LogP contribution in [-0.2, 0) is 0 Å². The lowest BCUT2D eigenvalue weighted by atomic mass is 9.74. The summed E-state index contributed by atoms with van der Waals surface area (Å²) in [6.45, 7) is 1.62. The Balaban J connectivity index is 1.75. The smallest absolute Gasteiger partial charge is 0.165 e. The molecule has 0 radical (unpaired) electrons. The molecular formula is C17H17FN2O2. The van der Waals surface area contributed by atoms with Crippen LogP contribution in [0.3, 0.4) is 0 Å². The molecule has 2 aromatic rings. The van der Waals surface area contributed by atoms with Gasteiger partial charge in [0.2, 0.25) is 0 Å². The molecule has 4 rings (SSSR count). The molecule has 1 aromatic carbocycles. The van der Waals surface area contributed by atoms with Crippen LogP contribution in [0.25, 0.3) is 0 Å². The summed E-state index contributed by atoms with van der Waals surface area (Å²) in [7, 11) is 0. The molecule has 1 N–H and O–H groups in total. The van der Waals surface area contributed by atoms with E-state index in [2.05, 4.69) is 4.98 Å². The molecule has 2 aliphatic rings. The monoisotopic (exact) mass is 300 g/mol. The van der Waals surface area contributed by atoms with E-state index in [9.17, 15) is 9.50 Å². The SMILES string of the molecule is OC[C@@]12COc3ccccc3[C@@H]1CN(c1ncccc1F)C2. The average molecular weight is 300 g/mol. The number of aromatic nitrogens is 1. The van der Waals surface area contributed by atoms with Crippen molar-refractivity contribution in [2.45, 2.75) is 5.92 Å². The Morgan fingerprint density at radius 3 is 3.00 bits per heavy atom. The van der Waals surface area contributed by atoms with Crippen molar-refractivity contribution in [3.63, 3.8) is 0 Å². The van der Waals surface area contributed by atoms with Gasteiger partial charge < -0.3 is 14.7 Å². The van der Waals surface area contributed by atoms with E-state index in [-0.39, 0.29) is 18.3 Å². The molecule has 5 heteroatoms. The fourth-order valence-corrected chi connectivity index (χ4v) is 3.64. The molecule has 1 aromatic heterocycles. The molecule has 2 aliphatic heterocycles. The number of halogens is 1. The number of rotatable bonds is 2. The van der Waals surface area contributed by atoms with Crippen LogP contribution in [0, 0.1) is 11.2 Å². The number of anilines is 1. The molecule has 0 unspecified atom stereocenters. The Labute approximate surface area is 128 Å². The predicted octanol–water partition coefficient (Wildman–Crippen LogP) is 2.20. The van der Waals surface area contributed by atoms with Crippen molar-refractivity contribution in [3.8, 4) is 5.75 Å². The Hall–Kier alpha value is -2.14. The van der Waals surface area contributed by atoms with E-state index >= 15 is 0 Å². The summed E-state index contributed by atoms with van der Waals surface area (Å²) in [6, 6.07) is 10.9. The summed E-state index contributed by atoms with van der Waals surface area (Å²) >= 11 is 0. The van der Waals surface area contributed by atoms with E-state index in [1.54, 1.807) is 12.3 Å². The number of hydrogen-bond donors (Lipinski definition) is 1. The molecule has 22 heavy (non-hydrogen) atoms. The summed E-state index contributed by atoms with van der Waals surface area (Å²) < 4.78 is 19.9. The molecular weight excluding hydrogens is 283 g/mol. The Morgan fingerprint density at radius 2 is 2.18 bits per heavy atom. The van der Waals surface area contributed by atoms with Gasteiger partial charge >= 0.3 is 0 Å². The molecule has 2 atom stereocenters. The van der Waals surface area contributed by atoms with Gasteiger partial charge in [-0.25, -0.2) is 9.37 Å². The van der Waals surface area contributed by atoms with Crippen molar-refractivity contribution < 1.29 is 14.2 Å². The second kappa shape index (κ2) is 4.95. The van der Waals surface area contributed by atoms with Gasteiger partial charge in [-0.2, -0.15) is 0 Å². The van der Waals surface area contributed by atoms with Crippen LogP contribution in [0.5, 0.6) is 5.75 Å². The maximum atomic E-state index is 14.0. The van der Waals surface area contributed by atoms with Crippen LogP contribution in [-0.4, -0.2) is 36.4 Å². The summed E-state index contributed by atoms with van der Waals surface area (Å²) in [5, 5.41) is 9.99. The number of hydrogen-bond acceptors (Lipinski definition) is 4. The third kappa shape index (κ3) is 1.89. The molecule has 1 fully saturated rings. The van der Waals surface area contributed by atoms with Gasteiger partial charge in [0.25, 0.3) is 0 Å². The second-order valence-electron chi connectivity index (χ2n) is 6.09. The Kier molecular flexibility index (Phi) is 3.04. The van der Waals surface area contributed by atoms with Gasteiger partial charge in [-0.15, -0.1) is 0 Å². The summed E-state index contributed by atoms with van der Waals surface area (Å²) in [6.07, 6.45) is 1.59. The number of ether oxygens (including phenoxy) is 1. The van der Waals surface area contributed by atoms with Crippen molar-refractivity contribution in [2.24, 2.45) is 5.41 Å². The van der Waals surface area contributed by atoms with Crippen LogP contribution in [0.1, 0.15) is 11.5 Å². The van der Waals surface area contributed by atoms with Gasteiger partial charge in [-0.1, -0.05) is 18.2 Å². The lowest BCUT2D eigenvalue weighted by molar-refractivity contribution is 0.0535. The van der Waals surface area contributed by atoms with Crippen LogP contribution in [0.15, 0.2) is 42.6 Å². The number of fused-ring (bicyclic) bond motifs is 3. The molecule has 0 bridgehead atoms. The van der Waals surface area contributed by atoms with E-state index in [1.165, 1.54) is 6.07 Å². The van der Waals surface area contributed by atoms with Crippen LogP contribution >= 0.6 is 0 Å². The van der Waals surface area contributed by atoms with E-state index in [1.807, 2.05) is 29.2 Å². The summed E-state index contributed by atoms with van der Waals surface area (Å²) in [4.78, 5) is 6.09. The Morgan fingerprint density at radius 1 is 1.32 bits per heavy atom. The third-order valence-electron chi connectivity index (χ3n) is 4.81. The topological polar surface area (TPSA) is 45.6 Å². The maximum absolute atomic E-state index is 14.0. The first-order chi connectivity index (χ1) is 10.7. The van der Waals surface area contributed by atoms with Gasteiger partial charge in [-0.05, 0) is 23.8 Å². The maximum Gasteiger partial charge on any atom is 0.165 e. The molecule has 0 saturated carbocycles. The van der Waals surface area contributed by atoms with E-state index in [4.69, 9.17) is 4.74 Å². The fourth-order valence-electron chi connectivity index (χ4n) is 3.64. The normalized spacial score (nSPS) is 26.3. The number of aliphatic hydroxyl groups is 1. The highest BCUT2D eigenvalue weighted by atomic mass is 19.1. The van der Waals surface area contributed by atoms with Crippen molar-refractivity contribution in [1.82, 2.24) is 4.98 Å². The predicted molar refractivity (Wildman–Crippen MR) is 80.6 cm³/mol. The molecule has 0 spiro atoms. The molecule has 3 heterocycles. The van der Waals surface area contributed by atoms with Crippen LogP contribution < -0.4 is 9.64 Å². The molecule has 4 nitrogen and oxygen atoms in total. The molecule has 114 valence electrons. The summed E-state index contributed by atoms with van der Waals surface area (Å²) in [5.41, 5.74) is 0.680. The standard InChI is InChI=1S/C17H17FN2O2/c18-14-5-3-7-19-16(14)20-8-13-12-4-1-2-6-15(12)22-11-17(13,9-20)10-21/h1-7,13,21H,8-11H2/t13-,17-/m0/s1. The zero-order chi connectivity index (χ0) is 15.2. The van der Waals surface area contributed by atoms with Crippen molar-refractivity contribution in [2.75, 3.05) is 31.2 Å². The number of para-hydroxylation sites is 1. The minimum absolute atomic E-state index is 0.0109. The molecule has 0 aliphatic carbocycles. The second-order valence-corrected chi connectivity index (χ2v) is 6.09. The van der Waals surface area contributed by atoms with Gasteiger partial charge in [0.1, 0.15) is 5.75 Å². The van der Waals surface area contributed by atoms with E-state index < -0.39 is 5.41 Å². The Bertz CT molecular complexity index is 709. The van der Waals surface area contributed by atoms with Gasteiger partial charge in [0.15, 0.2) is 11.6 Å². The minimum atomic E-state index is -0.404. The zero-order valence-electron chi connectivity index (χ0n) is 12.1. The van der Waals surface area contributed by atoms with Gasteiger partial charge in [0, 0.05) is 25.2 Å². The van der Waals surface area contributed by atoms with Crippen molar-refractivity contribution >= 4 is 5.82 Å². The third-order valence-corrected chi connectivity index (χ3v) is 4.81. The van der Waals surface area contributed by atoms with Crippen LogP contribution in [0.4, 0.5) is 10.2 Å². The summed E-state index contributed by atoms with van der Waals surface area (Å²) in [5.74, 6) is 0.995. The zero-order valence-corrected chi connectivity index (χ0v) is 12.1. The first-order valence-electron chi connectivity index (χ1n) is 7.41. The molecule has 0 amide bonds. The minimum Gasteiger partial charge on any atom is -0.493 e. The largest absolute Gasteiger partial charge is 0.493 e. The highest BCUT2D eigenvalue weighted by Crippen LogP contribution is 2.50. The van der Waals surface area contributed by atoms with E-state index in [0.29, 0.717) is 25.5 Å². The number of nitrogens with zero attached hydrogens (tertiary/aromatic N) is 2. The lowest BCUT2D eigenvalue weighted by Crippen LogP contribution is -2.42. The highest BCUT2D eigenvalue weighted by molar-refractivity contribution is 5.48. The number of aliphatic hydroxyl groups excluding tert-OH is 1. The first-order valence-corrected chi connectivity index (χ1v) is 7.41. The van der Waals surface area contributed by atoms with Crippen LogP contribution in [0.2, 0.25) is 0 Å². The van der Waals surface area contributed by atoms with Crippen molar-refractivity contribution in [1.29, 1.82) is 0 Å². The fraction of sp³-hybridized carbons (Fsp3) is 0.353. The quantitative estimate of drug-likeness (QED) is 0.923. The number of benzene rings is 1. The van der Waals surface area contributed by atoms with Gasteiger partial charge in [-0.3, -0.25) is 0 Å². The van der Waals surface area contributed by atoms with Crippen molar-refractivity contribution in [3.05, 3.63) is 54.0 Å². The highest BCUT2D eigenvalue weighted by Gasteiger charge is 2.51. The lowest BCUT2D eigenvalue weighted by Gasteiger charge is -2.37.